The van der Waals surface area contributed by atoms with Crippen LogP contribution >= 0.6 is 23.5 Å². The van der Waals surface area contributed by atoms with Crippen LogP contribution in [0.4, 0.5) is 11.6 Å². The van der Waals surface area contributed by atoms with Crippen molar-refractivity contribution in [2.45, 2.75) is 110 Å². The molecule has 50 nitrogen and oxygen atoms in total. The number of H-pyrrole nitrogens is 1. The van der Waals surface area contributed by atoms with E-state index in [0.29, 0.717) is 174 Å². The molecular formula is C89H126N15O35P3. The number of hydrogen-bond acceptors (Lipinski definition) is 36. The summed E-state index contributed by atoms with van der Waals surface area (Å²) in [6.07, 6.45) is -0.106. The number of carboxylic acid groups (broad SMARTS) is 1. The van der Waals surface area contributed by atoms with Crippen molar-refractivity contribution < 1.29 is 160 Å². The molecule has 0 bridgehead atoms. The zero-order valence-electron chi connectivity index (χ0n) is 79.6. The Morgan fingerprint density at radius 3 is 1.89 bits per heavy atom. The number of benzene rings is 4. The van der Waals surface area contributed by atoms with E-state index in [4.69, 9.17) is 116 Å². The van der Waals surface area contributed by atoms with Crippen molar-refractivity contribution in [3.8, 4) is 45.8 Å². The number of carbonyl (C=O) groups is 5. The van der Waals surface area contributed by atoms with Gasteiger partial charge in [0.05, 0.1) is 187 Å². The molecule has 0 saturated carbocycles. The van der Waals surface area contributed by atoms with E-state index in [1.165, 1.54) is 16.8 Å². The van der Waals surface area contributed by atoms with Crippen molar-refractivity contribution in [3.05, 3.63) is 137 Å². The molecule has 3 aliphatic rings. The molecule has 0 radical (unpaired) electrons. The Labute approximate surface area is 817 Å². The third kappa shape index (κ3) is 44.0. The highest BCUT2D eigenvalue weighted by Gasteiger charge is 2.44. The lowest BCUT2D eigenvalue weighted by molar-refractivity contribution is -0.124. The Hall–Kier alpha value is -10.5. The van der Waals surface area contributed by atoms with Gasteiger partial charge in [-0.05, 0) is 124 Å². The first-order chi connectivity index (χ1) is 68.6. The molecule has 53 heteroatoms. The number of aromatic carboxylic acids is 1. The summed E-state index contributed by atoms with van der Waals surface area (Å²) in [7, 11) is -17.2. The number of carboxylic acids is 1. The number of hydrogen-bond donors (Lipinski definition) is 11. The monoisotopic (exact) mass is 2060 g/mol. The Balaban J connectivity index is 0.528. The molecule has 2 aliphatic heterocycles. The highest BCUT2D eigenvalue weighted by atomic mass is 31.3. The third-order valence-corrected chi connectivity index (χ3v) is 24.0. The molecule has 5 aromatic rings. The second-order valence-corrected chi connectivity index (χ2v) is 35.3. The minimum absolute atomic E-state index is 0.0106. The number of rotatable bonds is 76. The van der Waals surface area contributed by atoms with E-state index >= 15 is 0 Å². The molecule has 12 N–H and O–H groups in total. The topological polar surface area (TPSA) is 670 Å². The first kappa shape index (κ1) is 117. The molecule has 3 aromatic carbocycles. The van der Waals surface area contributed by atoms with E-state index in [-0.39, 0.29) is 148 Å². The number of ether oxygens (including phenoxy) is 17. The number of phosphoric acid groups is 3. The smallest absolute Gasteiger partial charge is 0.490 e. The largest absolute Gasteiger partial charge is 0.494 e. The molecule has 6 unspecified atom stereocenters. The van der Waals surface area contributed by atoms with Gasteiger partial charge in [0.15, 0.2) is 17.7 Å². The highest BCUT2D eigenvalue weighted by molar-refractivity contribution is 7.66. The van der Waals surface area contributed by atoms with Gasteiger partial charge in [0.2, 0.25) is 17.8 Å². The van der Waals surface area contributed by atoms with Crippen LogP contribution < -0.4 is 47.4 Å². The van der Waals surface area contributed by atoms with Gasteiger partial charge in [0, 0.05) is 140 Å². The standard InChI is InChI=1S/C89H126N15O35P3/c1-5-93-73-54-75-71(50-62(73)3)84(72-51-63(4)74(94-6-2)55-76(72)136-75)70-53-68(19-20-69(70)88(110)111)131-27-13-18-79(106)96-24-29-119-25-10-7-11-26-120-30-32-122-34-36-124-38-40-126-42-44-128-46-47-129-45-43-127-41-39-125-37-35-123-33-31-121-28-21-80(107)95-22-23-97-86(108)64-15-12-17-67(52-64)133-60-81(101-103-92)132-49-48-130-58-66(105)16-9-8-14-65-57-104(85-83(65)87(109)100-89(90)99-85)82-56-77(134-61-98-102-91)78(137-82)59-135-141(115,116)139-142(117,118)138-140(112,113)114/h12,15,17,19-20,50-55,57,77-78,81-82,93H,5-7,9-11,13,16,18,21-49,56,58-61H2,1-4H3,(H,95,107)(H,96,106)(H,97,108)(H,110,111)(H,115,116)(H,117,118)(H2,112,113,114)(H3,90,99,100,109). The number of anilines is 2. The van der Waals surface area contributed by atoms with E-state index in [1.807, 2.05) is 52.0 Å². The van der Waals surface area contributed by atoms with Crippen LogP contribution in [0.1, 0.15) is 115 Å². The minimum atomic E-state index is -5.86. The van der Waals surface area contributed by atoms with E-state index in [9.17, 15) is 57.4 Å². The Morgan fingerprint density at radius 2 is 1.26 bits per heavy atom. The number of amides is 3. The van der Waals surface area contributed by atoms with Crippen LogP contribution in [0.15, 0.2) is 97.4 Å². The average molecular weight is 2060 g/mol. The van der Waals surface area contributed by atoms with Gasteiger partial charge >= 0.3 is 29.4 Å². The quantitative estimate of drug-likeness (QED) is 0.00322. The molecule has 2 aromatic heterocycles. The van der Waals surface area contributed by atoms with Crippen molar-refractivity contribution in [1.82, 2.24) is 30.5 Å². The molecule has 4 heterocycles. The summed E-state index contributed by atoms with van der Waals surface area (Å²) in [6, 6.07) is 19.0. The molecular weight excluding hydrogens is 1930 g/mol. The van der Waals surface area contributed by atoms with E-state index in [0.717, 1.165) is 64.5 Å². The van der Waals surface area contributed by atoms with Crippen LogP contribution in [-0.4, -0.2) is 312 Å². The Morgan fingerprint density at radius 1 is 0.648 bits per heavy atom. The van der Waals surface area contributed by atoms with E-state index < -0.39 is 78.9 Å². The van der Waals surface area contributed by atoms with Crippen molar-refractivity contribution in [2.75, 3.05) is 235 Å². The third-order valence-electron chi connectivity index (χ3n) is 20.2. The molecule has 1 aliphatic carbocycles. The minimum Gasteiger partial charge on any atom is -0.494 e. The van der Waals surface area contributed by atoms with E-state index in [1.54, 1.807) is 36.4 Å². The van der Waals surface area contributed by atoms with Crippen molar-refractivity contribution >= 4 is 86.6 Å². The number of carbonyl (C=O) groups excluding carboxylic acids is 4. The molecule has 1 saturated heterocycles. The summed E-state index contributed by atoms with van der Waals surface area (Å²) in [4.78, 5) is 130. The number of nitrogens with zero attached hydrogens (tertiary/aromatic N) is 9. The number of azide groups is 2. The summed E-state index contributed by atoms with van der Waals surface area (Å²) >= 11 is 0. The lowest BCUT2D eigenvalue weighted by Gasteiger charge is -2.21. The summed E-state index contributed by atoms with van der Waals surface area (Å²) in [5.74, 6) is 4.37. The van der Waals surface area contributed by atoms with Gasteiger partial charge in [0.1, 0.15) is 55.1 Å². The van der Waals surface area contributed by atoms with Gasteiger partial charge in [-0.25, -0.2) is 18.5 Å². The Bertz CT molecular complexity index is 5550. The van der Waals surface area contributed by atoms with Crippen molar-refractivity contribution in [1.29, 1.82) is 0 Å². The molecule has 8 rings (SSSR count). The second-order valence-electron chi connectivity index (χ2n) is 30.9. The maximum Gasteiger partial charge on any atom is 0.490 e. The number of nitrogens with two attached hydrogens (primary N) is 1. The maximum atomic E-state index is 13.2. The fraction of sp³-hybridized carbons (Fsp3) is 0.573. The molecule has 782 valence electrons. The number of nitrogen functional groups attached to an aromatic ring is 1. The molecule has 3 amide bonds. The van der Waals surface area contributed by atoms with E-state index in [2.05, 4.69) is 76.7 Å². The number of nitrogens with one attached hydrogen (secondary N) is 5. The summed E-state index contributed by atoms with van der Waals surface area (Å²) in [5, 5.41) is 30.5. The van der Waals surface area contributed by atoms with Crippen LogP contribution in [0.2, 0.25) is 0 Å². The van der Waals surface area contributed by atoms with Gasteiger partial charge in [-0.15, -0.1) is 0 Å². The van der Waals surface area contributed by atoms with Crippen molar-refractivity contribution in [3.63, 3.8) is 0 Å². The van der Waals surface area contributed by atoms with Gasteiger partial charge in [-0.3, -0.25) is 38.5 Å². The lowest BCUT2D eigenvalue weighted by atomic mass is 9.89. The SMILES string of the molecule is CCN=c1cc2oc3cc(NCC)c(C)cc3c(-c3cc(OCCCC(=O)NCCOCCCCCOCCOCCOCCOCCOCCOCCOCCOCCOCCOCCC(=O)NCCNC(=O)c4cccc(OCC(N=[N+]=[N-])OCCOCC(=O)CCC#Cc5cn(C6CC(OCN=[N+]=[N-])C(COP(=O)(O)OP(=O)(O)OP(=O)(O)O)O6)c6nc(N)[nH]c(=O)c56)c4)ccc3C(=O)O)c-2cc1C. The predicted molar refractivity (Wildman–Crippen MR) is 510 cm³/mol. The zero-order chi connectivity index (χ0) is 102. The molecule has 0 spiro atoms. The summed E-state index contributed by atoms with van der Waals surface area (Å²) < 4.78 is 151. The fourth-order valence-electron chi connectivity index (χ4n) is 13.7. The number of aromatic amines is 1. The van der Waals surface area contributed by atoms with Crippen LogP contribution in [0.3, 0.4) is 0 Å². The second kappa shape index (κ2) is 65.0. The van der Waals surface area contributed by atoms with Gasteiger partial charge < -0.3 is 141 Å². The number of phosphoric ester groups is 1. The Kier molecular flexibility index (Phi) is 53.4. The van der Waals surface area contributed by atoms with Gasteiger partial charge in [-0.1, -0.05) is 28.1 Å². The number of Topliss-reactive ketones (excluding diaryl/α,β-unsaturated/α-hetero) is 1. The molecule has 142 heavy (non-hydrogen) atoms. The van der Waals surface area contributed by atoms with Crippen LogP contribution in [0.25, 0.3) is 65.3 Å². The van der Waals surface area contributed by atoms with Crippen LogP contribution in [0, 0.1) is 25.7 Å². The average Bonchev–Trinajstić information content (AvgIpc) is 0.960. The highest BCUT2D eigenvalue weighted by Crippen LogP contribution is 2.66. The number of unbranched alkanes of at least 4 members (excludes halogenated alkanes) is 2. The van der Waals surface area contributed by atoms with Gasteiger partial charge in [0.25, 0.3) is 11.5 Å². The molecule has 6 atom stereocenters. The maximum absolute atomic E-state index is 13.2. The molecule has 1 fully saturated rings. The lowest BCUT2D eigenvalue weighted by Crippen LogP contribution is -2.35. The normalized spacial score (nSPS) is 14.8. The first-order valence-corrected chi connectivity index (χ1v) is 50.5. The number of fused-ring (bicyclic) bond motifs is 3. The zero-order valence-corrected chi connectivity index (χ0v) is 82.3. The van der Waals surface area contributed by atoms with Crippen molar-refractivity contribution in [2.24, 2.45) is 15.2 Å². The van der Waals surface area contributed by atoms with Gasteiger partial charge in [-0.2, -0.15) is 13.6 Å². The van der Waals surface area contributed by atoms with Crippen LogP contribution in [0.5, 0.6) is 11.5 Å². The number of aryl methyl sites for hydroxylation is 2. The number of ketones is 1. The number of aromatic nitrogens is 3. The predicted octanol–water partition coefficient (Wildman–Crippen LogP) is 8.79. The van der Waals surface area contributed by atoms with Crippen LogP contribution in [-0.2, 0) is 112 Å². The summed E-state index contributed by atoms with van der Waals surface area (Å²) in [5.41, 5.74) is 28.9. The fourth-order valence-corrected chi connectivity index (χ4v) is 16.7. The summed E-state index contributed by atoms with van der Waals surface area (Å²) in [6.45, 7) is 16.9. The first-order valence-electron chi connectivity index (χ1n) is 45.9.